The molecule has 0 fully saturated rings. The Kier molecular flexibility index (Phi) is 10.2. The molecule has 212 valence electrons. The zero-order valence-electron chi connectivity index (χ0n) is 21.6. The number of nitrogens with zero attached hydrogens (tertiary/aromatic N) is 3. The van der Waals surface area contributed by atoms with Crippen molar-refractivity contribution < 1.29 is 22.4 Å². The Morgan fingerprint density at radius 1 is 0.975 bits per heavy atom. The lowest BCUT2D eigenvalue weighted by molar-refractivity contribution is -0.137. The fourth-order valence-electron chi connectivity index (χ4n) is 4.19. The molecule has 1 amide bonds. The average molecular weight is 556 g/mol. The van der Waals surface area contributed by atoms with Gasteiger partial charge in [-0.2, -0.15) is 13.2 Å². The van der Waals surface area contributed by atoms with Gasteiger partial charge in [-0.1, -0.05) is 39.5 Å². The molecule has 4 rings (SSSR count). The van der Waals surface area contributed by atoms with Crippen LogP contribution in [0.1, 0.15) is 43.6 Å². The number of amides is 1. The zero-order valence-corrected chi connectivity index (χ0v) is 21.6. The molecule has 10 heteroatoms. The molecule has 0 saturated heterocycles. The third-order valence-electron chi connectivity index (χ3n) is 6.40. The van der Waals surface area contributed by atoms with Gasteiger partial charge in [0.1, 0.15) is 5.82 Å². The summed E-state index contributed by atoms with van der Waals surface area (Å²) in [6.07, 6.45) is -1.97. The smallest absolute Gasteiger partial charge is 0.354 e. The van der Waals surface area contributed by atoms with E-state index in [9.17, 15) is 22.4 Å². The van der Waals surface area contributed by atoms with Crippen LogP contribution < -0.4 is 10.6 Å². The van der Waals surface area contributed by atoms with Gasteiger partial charge in [-0.15, -0.1) is 0 Å². The maximum absolute atomic E-state index is 14.1. The molecule has 6 nitrogen and oxygen atoms in total. The Labute approximate surface area is 231 Å². The number of aromatic nitrogens is 2. The lowest BCUT2D eigenvalue weighted by atomic mass is 10.0. The van der Waals surface area contributed by atoms with Crippen molar-refractivity contribution in [1.29, 1.82) is 0 Å². The van der Waals surface area contributed by atoms with Crippen LogP contribution >= 0.6 is 0 Å². The van der Waals surface area contributed by atoms with Gasteiger partial charge < -0.3 is 15.5 Å². The average Bonchev–Trinajstić information content (AvgIpc) is 2.92. The first-order chi connectivity index (χ1) is 18.7. The van der Waals surface area contributed by atoms with Gasteiger partial charge in [0, 0.05) is 23.8 Å². The fourth-order valence-corrected chi connectivity index (χ4v) is 4.19. The largest absolute Gasteiger partial charge is 0.416 e. The summed E-state index contributed by atoms with van der Waals surface area (Å²) in [4.78, 5) is 23.9. The van der Waals surface area contributed by atoms with E-state index in [1.54, 1.807) is 24.4 Å². The zero-order chi connectivity index (χ0) is 28.0. The number of rotatable bonds is 10. The summed E-state index contributed by atoms with van der Waals surface area (Å²) in [6, 6.07) is 14.2. The van der Waals surface area contributed by atoms with Crippen LogP contribution in [0, 0.1) is 5.82 Å². The molecule has 0 atom stereocenters. The van der Waals surface area contributed by atoms with Crippen molar-refractivity contribution in [3.63, 3.8) is 0 Å². The number of benzene rings is 3. The third-order valence-corrected chi connectivity index (χ3v) is 6.40. The normalized spacial score (nSPS) is 11.4. The van der Waals surface area contributed by atoms with E-state index in [4.69, 9.17) is 0 Å². The molecule has 0 radical (unpaired) electrons. The number of hydrogen-bond acceptors (Lipinski definition) is 5. The van der Waals surface area contributed by atoms with Crippen LogP contribution in [0.15, 0.2) is 66.9 Å². The number of carbonyl (C=O) groups excluding carboxylic acids is 1. The minimum atomic E-state index is -4.69. The number of carbonyl (C=O) groups is 1. The highest BCUT2D eigenvalue weighted by atomic mass is 19.4. The molecule has 0 bridgehead atoms. The summed E-state index contributed by atoms with van der Waals surface area (Å²) >= 11 is 0. The topological polar surface area (TPSA) is 70.2 Å². The van der Waals surface area contributed by atoms with Crippen LogP contribution in [-0.4, -0.2) is 47.0 Å². The van der Waals surface area contributed by atoms with E-state index in [0.717, 1.165) is 54.6 Å². The standard InChI is InChI=1S/C29H29F4N5O.CH4/c1-3-38(4-2)14-6-13-34-28-35-18-21-15-20(9-12-26(21)37-28)19-7-5-8-23(16-19)36-27(39)24-17-22(29(31,32)33)10-11-25(24)30;/h5,7-12,15-18H,3-4,6,13-14H2,1-2H3,(H,36,39)(H,34,35,37);1H4. The van der Waals surface area contributed by atoms with Crippen molar-refractivity contribution >= 4 is 28.4 Å². The number of hydrogen-bond donors (Lipinski definition) is 2. The lowest BCUT2D eigenvalue weighted by Gasteiger charge is -2.17. The van der Waals surface area contributed by atoms with Crippen LogP contribution in [0.5, 0.6) is 0 Å². The maximum atomic E-state index is 14.1. The first-order valence-corrected chi connectivity index (χ1v) is 12.7. The second kappa shape index (κ2) is 13.3. The van der Waals surface area contributed by atoms with Crippen LogP contribution in [0.25, 0.3) is 22.0 Å². The molecule has 0 saturated carbocycles. The Morgan fingerprint density at radius 3 is 2.45 bits per heavy atom. The van der Waals surface area contributed by atoms with Gasteiger partial charge in [0.05, 0.1) is 16.6 Å². The molecule has 4 aromatic rings. The van der Waals surface area contributed by atoms with E-state index in [0.29, 0.717) is 29.8 Å². The summed E-state index contributed by atoms with van der Waals surface area (Å²) in [5, 5.41) is 6.57. The molecule has 0 spiro atoms. The van der Waals surface area contributed by atoms with Crippen LogP contribution in [0.4, 0.5) is 29.2 Å². The SMILES string of the molecule is C.CCN(CC)CCCNc1ncc2cc(-c3cccc(NC(=O)c4cc(C(F)(F)F)ccc4F)c3)ccc2n1. The predicted octanol–water partition coefficient (Wildman–Crippen LogP) is 7.49. The Morgan fingerprint density at radius 2 is 1.73 bits per heavy atom. The monoisotopic (exact) mass is 555 g/mol. The number of nitrogens with one attached hydrogen (secondary N) is 2. The van der Waals surface area contributed by atoms with Gasteiger partial charge >= 0.3 is 6.18 Å². The van der Waals surface area contributed by atoms with Crippen molar-refractivity contribution in [2.45, 2.75) is 33.9 Å². The molecule has 1 aromatic heterocycles. The second-order valence-electron chi connectivity index (χ2n) is 9.00. The summed E-state index contributed by atoms with van der Waals surface area (Å²) < 4.78 is 53.2. The van der Waals surface area contributed by atoms with E-state index in [1.807, 2.05) is 24.3 Å². The highest BCUT2D eigenvalue weighted by Crippen LogP contribution is 2.31. The molecule has 40 heavy (non-hydrogen) atoms. The minimum absolute atomic E-state index is 0. The summed E-state index contributed by atoms with van der Waals surface area (Å²) in [7, 11) is 0. The second-order valence-corrected chi connectivity index (χ2v) is 9.00. The van der Waals surface area contributed by atoms with E-state index in [1.165, 1.54) is 0 Å². The van der Waals surface area contributed by atoms with E-state index in [2.05, 4.69) is 39.3 Å². The van der Waals surface area contributed by atoms with Crippen molar-refractivity contribution in [2.75, 3.05) is 36.8 Å². The molecule has 0 aliphatic rings. The molecule has 2 N–H and O–H groups in total. The van der Waals surface area contributed by atoms with Crippen molar-refractivity contribution in [3.05, 3.63) is 83.8 Å². The first kappa shape index (κ1) is 30.5. The van der Waals surface area contributed by atoms with Crippen LogP contribution in [-0.2, 0) is 6.18 Å². The van der Waals surface area contributed by atoms with Gasteiger partial charge in [0.2, 0.25) is 5.95 Å². The quantitative estimate of drug-likeness (QED) is 0.157. The Bertz CT molecular complexity index is 1450. The predicted molar refractivity (Wildman–Crippen MR) is 152 cm³/mol. The highest BCUT2D eigenvalue weighted by molar-refractivity contribution is 6.05. The fraction of sp³-hybridized carbons (Fsp3) is 0.300. The number of anilines is 2. The summed E-state index contributed by atoms with van der Waals surface area (Å²) in [5.41, 5.74) is 0.874. The van der Waals surface area contributed by atoms with Crippen LogP contribution in [0.2, 0.25) is 0 Å². The number of halogens is 4. The number of fused-ring (bicyclic) bond motifs is 1. The van der Waals surface area contributed by atoms with E-state index >= 15 is 0 Å². The molecular weight excluding hydrogens is 522 g/mol. The molecule has 3 aromatic carbocycles. The molecule has 0 aliphatic carbocycles. The Balaban J connectivity index is 0.00000441. The van der Waals surface area contributed by atoms with Gasteiger partial charge in [-0.25, -0.2) is 14.4 Å². The molecule has 1 heterocycles. The Hall–Kier alpha value is -4.05. The minimum Gasteiger partial charge on any atom is -0.354 e. The third kappa shape index (κ3) is 7.53. The van der Waals surface area contributed by atoms with Crippen molar-refractivity contribution in [2.24, 2.45) is 0 Å². The van der Waals surface area contributed by atoms with Gasteiger partial charge in [-0.3, -0.25) is 4.79 Å². The van der Waals surface area contributed by atoms with Gasteiger partial charge in [0.15, 0.2) is 0 Å². The van der Waals surface area contributed by atoms with Gasteiger partial charge in [-0.05, 0) is 79.6 Å². The molecule has 0 aliphatic heterocycles. The van der Waals surface area contributed by atoms with Crippen molar-refractivity contribution in [3.8, 4) is 11.1 Å². The maximum Gasteiger partial charge on any atom is 0.416 e. The van der Waals surface area contributed by atoms with E-state index < -0.39 is 29.0 Å². The van der Waals surface area contributed by atoms with E-state index in [-0.39, 0.29) is 7.43 Å². The highest BCUT2D eigenvalue weighted by Gasteiger charge is 2.32. The summed E-state index contributed by atoms with van der Waals surface area (Å²) in [6.45, 7) is 8.11. The molecular formula is C30H33F4N5O. The summed E-state index contributed by atoms with van der Waals surface area (Å²) in [5.74, 6) is -1.45. The number of alkyl halides is 3. The van der Waals surface area contributed by atoms with Gasteiger partial charge in [0.25, 0.3) is 5.91 Å². The van der Waals surface area contributed by atoms with Crippen LogP contribution in [0.3, 0.4) is 0 Å². The lowest BCUT2D eigenvalue weighted by Crippen LogP contribution is -2.25. The van der Waals surface area contributed by atoms with Crippen molar-refractivity contribution in [1.82, 2.24) is 14.9 Å². The molecule has 0 unspecified atom stereocenters. The first-order valence-electron chi connectivity index (χ1n) is 12.7.